The van der Waals surface area contributed by atoms with Crippen LogP contribution in [0.2, 0.25) is 0 Å². The molecule has 5 nitrogen and oxygen atoms in total. The molecule has 0 aromatic rings. The van der Waals surface area contributed by atoms with Gasteiger partial charge >= 0.3 is 0 Å². The molecule has 0 amide bonds. The third-order valence-electron chi connectivity index (χ3n) is 7.95. The molecule has 0 aromatic heterocycles. The Morgan fingerprint density at radius 2 is 1.52 bits per heavy atom. The average molecular weight is 412 g/mol. The van der Waals surface area contributed by atoms with E-state index in [4.69, 9.17) is 4.74 Å². The van der Waals surface area contributed by atoms with E-state index in [1.54, 1.807) is 0 Å². The van der Waals surface area contributed by atoms with Crippen LogP contribution in [0.3, 0.4) is 0 Å². The lowest BCUT2D eigenvalue weighted by Crippen LogP contribution is -2.56. The largest absolute Gasteiger partial charge is 0.395 e. The Morgan fingerprint density at radius 3 is 2.24 bits per heavy atom. The van der Waals surface area contributed by atoms with Gasteiger partial charge in [0.05, 0.1) is 24.9 Å². The molecule has 1 heterocycles. The van der Waals surface area contributed by atoms with E-state index in [0.29, 0.717) is 6.42 Å². The third-order valence-corrected chi connectivity index (χ3v) is 7.95. The first-order chi connectivity index (χ1) is 14.2. The molecule has 0 spiro atoms. The maximum absolute atomic E-state index is 10.0. The fourth-order valence-electron chi connectivity index (χ4n) is 5.99. The monoisotopic (exact) mass is 411 g/mol. The van der Waals surface area contributed by atoms with Crippen molar-refractivity contribution in [3.05, 3.63) is 0 Å². The van der Waals surface area contributed by atoms with E-state index < -0.39 is 12.2 Å². The van der Waals surface area contributed by atoms with E-state index in [-0.39, 0.29) is 12.6 Å². The smallest absolute Gasteiger partial charge is 0.0976 e. The zero-order valence-electron chi connectivity index (χ0n) is 18.4. The van der Waals surface area contributed by atoms with Crippen molar-refractivity contribution < 1.29 is 20.1 Å². The molecule has 3 rings (SSSR count). The van der Waals surface area contributed by atoms with Crippen LogP contribution in [0.15, 0.2) is 0 Å². The van der Waals surface area contributed by atoms with Crippen molar-refractivity contribution in [3.8, 4) is 0 Å². The molecule has 29 heavy (non-hydrogen) atoms. The van der Waals surface area contributed by atoms with E-state index in [0.717, 1.165) is 63.3 Å². The molecule has 3 aliphatic rings. The summed E-state index contributed by atoms with van der Waals surface area (Å²) in [4.78, 5) is 2.13. The fourth-order valence-corrected chi connectivity index (χ4v) is 5.99. The highest BCUT2D eigenvalue weighted by atomic mass is 16.5. The minimum atomic E-state index is -0.828. The quantitative estimate of drug-likeness (QED) is 0.481. The first kappa shape index (κ1) is 23.5. The summed E-state index contributed by atoms with van der Waals surface area (Å²) >= 11 is 0. The highest BCUT2D eigenvalue weighted by molar-refractivity contribution is 4.89. The number of ether oxygens (including phenoxy) is 1. The van der Waals surface area contributed by atoms with Gasteiger partial charge in [-0.15, -0.1) is 0 Å². The van der Waals surface area contributed by atoms with Gasteiger partial charge in [-0.2, -0.15) is 0 Å². The summed E-state index contributed by atoms with van der Waals surface area (Å²) in [5.41, 5.74) is 0. The number of likely N-dealkylation sites (tertiary alicyclic amines) is 1. The average Bonchev–Trinajstić information content (AvgIpc) is 2.76. The maximum Gasteiger partial charge on any atom is 0.0976 e. The van der Waals surface area contributed by atoms with Crippen LogP contribution in [-0.2, 0) is 4.74 Å². The molecule has 0 aromatic carbocycles. The molecule has 5 heteroatoms. The van der Waals surface area contributed by atoms with Crippen molar-refractivity contribution in [2.45, 2.75) is 102 Å². The lowest BCUT2D eigenvalue weighted by Gasteiger charge is -2.40. The number of unbranched alkanes of at least 4 members (excludes halogenated alkanes) is 2. The molecule has 3 N–H and O–H groups in total. The van der Waals surface area contributed by atoms with Crippen LogP contribution in [0.1, 0.15) is 83.5 Å². The molecule has 170 valence electrons. The van der Waals surface area contributed by atoms with Gasteiger partial charge in [-0.3, -0.25) is 4.90 Å². The summed E-state index contributed by atoms with van der Waals surface area (Å²) in [6, 6.07) is -0.321. The third kappa shape index (κ3) is 7.17. The Balaban J connectivity index is 1.19. The number of aliphatic hydroxyl groups is 3. The van der Waals surface area contributed by atoms with E-state index >= 15 is 0 Å². The van der Waals surface area contributed by atoms with Crippen molar-refractivity contribution in [2.75, 3.05) is 32.9 Å². The van der Waals surface area contributed by atoms with Gasteiger partial charge in [-0.1, -0.05) is 32.1 Å². The topological polar surface area (TPSA) is 73.2 Å². The molecule has 0 bridgehead atoms. The van der Waals surface area contributed by atoms with E-state index in [9.17, 15) is 15.3 Å². The Hall–Kier alpha value is -0.200. The Kier molecular flexibility index (Phi) is 10.2. The van der Waals surface area contributed by atoms with E-state index in [2.05, 4.69) is 4.90 Å². The molecule has 3 unspecified atom stereocenters. The summed E-state index contributed by atoms with van der Waals surface area (Å²) < 4.78 is 5.99. The molecular formula is C24H45NO4. The van der Waals surface area contributed by atoms with Crippen molar-refractivity contribution in [2.24, 2.45) is 17.8 Å². The van der Waals surface area contributed by atoms with Gasteiger partial charge in [0.1, 0.15) is 0 Å². The van der Waals surface area contributed by atoms with Crippen LogP contribution in [0.5, 0.6) is 0 Å². The van der Waals surface area contributed by atoms with Gasteiger partial charge in [0.15, 0.2) is 0 Å². The zero-order chi connectivity index (χ0) is 20.5. The van der Waals surface area contributed by atoms with Gasteiger partial charge in [0.2, 0.25) is 0 Å². The standard InChI is InChI=1S/C24H45NO4/c26-17-22-24(28)23(27)13-15-25(22)14-5-2-6-16-29-18-19-9-11-21(12-10-19)20-7-3-1-4-8-20/h19-24,26-28H,1-18H2. The second kappa shape index (κ2) is 12.6. The number of rotatable bonds is 10. The van der Waals surface area contributed by atoms with Crippen LogP contribution >= 0.6 is 0 Å². The highest BCUT2D eigenvalue weighted by Crippen LogP contribution is 2.39. The number of hydrogen-bond donors (Lipinski definition) is 3. The van der Waals surface area contributed by atoms with Crippen molar-refractivity contribution in [3.63, 3.8) is 0 Å². The van der Waals surface area contributed by atoms with Crippen molar-refractivity contribution >= 4 is 0 Å². The molecule has 1 saturated heterocycles. The number of nitrogens with zero attached hydrogens (tertiary/aromatic N) is 1. The minimum Gasteiger partial charge on any atom is -0.395 e. The summed E-state index contributed by atoms with van der Waals surface area (Å²) in [5, 5.41) is 29.3. The highest BCUT2D eigenvalue weighted by Gasteiger charge is 2.35. The predicted molar refractivity (Wildman–Crippen MR) is 116 cm³/mol. The SMILES string of the molecule is OCC1C(O)C(O)CCN1CCCCCOCC1CCC(C2CCCCC2)CC1. The van der Waals surface area contributed by atoms with Crippen molar-refractivity contribution in [1.82, 2.24) is 4.90 Å². The summed E-state index contributed by atoms with van der Waals surface area (Å²) in [6.07, 6.45) is 15.3. The van der Waals surface area contributed by atoms with Gasteiger partial charge in [-0.25, -0.2) is 0 Å². The van der Waals surface area contributed by atoms with Crippen LogP contribution in [-0.4, -0.2) is 71.4 Å². The van der Waals surface area contributed by atoms with Gasteiger partial charge in [0.25, 0.3) is 0 Å². The molecular weight excluding hydrogens is 366 g/mol. The predicted octanol–water partition coefficient (Wildman–Crippen LogP) is 3.35. The van der Waals surface area contributed by atoms with Crippen LogP contribution in [0.4, 0.5) is 0 Å². The van der Waals surface area contributed by atoms with Crippen LogP contribution in [0, 0.1) is 17.8 Å². The lowest BCUT2D eigenvalue weighted by atomic mass is 9.71. The van der Waals surface area contributed by atoms with E-state index in [1.165, 1.54) is 57.8 Å². The minimum absolute atomic E-state index is 0.0929. The number of hydrogen-bond acceptors (Lipinski definition) is 5. The lowest BCUT2D eigenvalue weighted by molar-refractivity contribution is -0.0897. The zero-order valence-corrected chi connectivity index (χ0v) is 18.4. The maximum atomic E-state index is 10.0. The second-order valence-corrected chi connectivity index (χ2v) is 9.95. The molecule has 2 saturated carbocycles. The first-order valence-corrected chi connectivity index (χ1v) is 12.5. The van der Waals surface area contributed by atoms with Crippen LogP contribution < -0.4 is 0 Å². The van der Waals surface area contributed by atoms with Gasteiger partial charge < -0.3 is 20.1 Å². The second-order valence-electron chi connectivity index (χ2n) is 9.95. The number of aliphatic hydroxyl groups excluding tert-OH is 3. The van der Waals surface area contributed by atoms with Gasteiger partial charge in [0, 0.05) is 19.8 Å². The Morgan fingerprint density at radius 1 is 0.793 bits per heavy atom. The summed E-state index contributed by atoms with van der Waals surface area (Å²) in [7, 11) is 0. The molecule has 1 aliphatic heterocycles. The summed E-state index contributed by atoms with van der Waals surface area (Å²) in [5.74, 6) is 2.81. The molecule has 3 fully saturated rings. The number of piperidine rings is 1. The van der Waals surface area contributed by atoms with Gasteiger partial charge in [-0.05, 0) is 75.7 Å². The molecule has 0 radical (unpaired) electrons. The normalized spacial score (nSPS) is 35.1. The van der Waals surface area contributed by atoms with Crippen molar-refractivity contribution in [1.29, 1.82) is 0 Å². The Labute approximate surface area is 177 Å². The summed E-state index contributed by atoms with van der Waals surface area (Å²) in [6.45, 7) is 3.33. The molecule has 3 atom stereocenters. The molecule has 2 aliphatic carbocycles. The van der Waals surface area contributed by atoms with E-state index in [1.807, 2.05) is 0 Å². The Bertz CT molecular complexity index is 435. The first-order valence-electron chi connectivity index (χ1n) is 12.5. The van der Waals surface area contributed by atoms with Crippen LogP contribution in [0.25, 0.3) is 0 Å². The fraction of sp³-hybridized carbons (Fsp3) is 1.00.